The first-order valence-corrected chi connectivity index (χ1v) is 5.23. The largest absolute Gasteiger partial charge is 0.400 e. The maximum Gasteiger partial charge on any atom is 0.400 e. The van der Waals surface area contributed by atoms with Crippen LogP contribution in [0.5, 0.6) is 0 Å². The molecule has 0 aromatic carbocycles. The highest BCUT2D eigenvalue weighted by atomic mass is 31.2. The molecule has 0 saturated heterocycles. The fourth-order valence-corrected chi connectivity index (χ4v) is 0.940. The van der Waals surface area contributed by atoms with Gasteiger partial charge < -0.3 is 9.79 Å². The standard InChI is InChI=1S/C7H13O3P/c1-2-3-4-5-6-7-11(8,9)10/h2-5H2,1H3,(H2,8,9,10). The van der Waals surface area contributed by atoms with E-state index in [-0.39, 0.29) is 0 Å². The van der Waals surface area contributed by atoms with Crippen molar-refractivity contribution in [2.24, 2.45) is 0 Å². The lowest BCUT2D eigenvalue weighted by atomic mass is 10.2. The molecule has 0 saturated carbocycles. The molecule has 0 aliphatic rings. The Hall–Kier alpha value is -0.290. The highest BCUT2D eigenvalue weighted by Crippen LogP contribution is 2.31. The number of hydrogen-bond acceptors (Lipinski definition) is 1. The summed E-state index contributed by atoms with van der Waals surface area (Å²) < 4.78 is 10.2. The molecule has 2 N–H and O–H groups in total. The third-order valence-electron chi connectivity index (χ3n) is 1.13. The molecule has 0 spiro atoms. The third-order valence-corrected chi connectivity index (χ3v) is 1.58. The monoisotopic (exact) mass is 176 g/mol. The van der Waals surface area contributed by atoms with E-state index < -0.39 is 7.60 Å². The molecule has 64 valence electrons. The van der Waals surface area contributed by atoms with Crippen molar-refractivity contribution in [1.82, 2.24) is 0 Å². The van der Waals surface area contributed by atoms with Crippen LogP contribution in [0.15, 0.2) is 0 Å². The van der Waals surface area contributed by atoms with Crippen LogP contribution in [0, 0.1) is 11.6 Å². The second-order valence-corrected chi connectivity index (χ2v) is 3.60. The molecule has 0 rings (SSSR count). The number of unbranched alkanes of at least 4 members (excludes halogenated alkanes) is 3. The van der Waals surface area contributed by atoms with E-state index in [0.717, 1.165) is 19.3 Å². The average molecular weight is 176 g/mol. The number of rotatable bonds is 3. The molecule has 0 unspecified atom stereocenters. The Labute approximate surface area is 67.0 Å². The van der Waals surface area contributed by atoms with Gasteiger partial charge in [-0.2, -0.15) is 0 Å². The van der Waals surface area contributed by atoms with Crippen molar-refractivity contribution >= 4 is 7.60 Å². The van der Waals surface area contributed by atoms with E-state index in [4.69, 9.17) is 9.79 Å². The van der Waals surface area contributed by atoms with Crippen LogP contribution in [0.2, 0.25) is 0 Å². The highest BCUT2D eigenvalue weighted by molar-refractivity contribution is 7.57. The molecular weight excluding hydrogens is 163 g/mol. The SMILES string of the molecule is CCCCCC#CP(=O)(O)O. The summed E-state index contributed by atoms with van der Waals surface area (Å²) in [5.41, 5.74) is 1.90. The van der Waals surface area contributed by atoms with Gasteiger partial charge in [-0.05, 0) is 6.42 Å². The van der Waals surface area contributed by atoms with Crippen molar-refractivity contribution in [3.8, 4) is 11.6 Å². The Morgan fingerprint density at radius 1 is 1.36 bits per heavy atom. The topological polar surface area (TPSA) is 57.5 Å². The summed E-state index contributed by atoms with van der Waals surface area (Å²) in [7, 11) is -4.08. The van der Waals surface area contributed by atoms with Gasteiger partial charge >= 0.3 is 7.60 Å². The molecule has 0 heterocycles. The van der Waals surface area contributed by atoms with Crippen LogP contribution in [0.25, 0.3) is 0 Å². The first kappa shape index (κ1) is 10.7. The molecular formula is C7H13O3P. The van der Waals surface area contributed by atoms with Gasteiger partial charge in [0, 0.05) is 12.1 Å². The minimum atomic E-state index is -4.08. The van der Waals surface area contributed by atoms with Crippen LogP contribution >= 0.6 is 7.60 Å². The van der Waals surface area contributed by atoms with Crippen LogP contribution in [0.1, 0.15) is 32.6 Å². The molecule has 0 atom stereocenters. The predicted octanol–water partition coefficient (Wildman–Crippen LogP) is 1.71. The summed E-state index contributed by atoms with van der Waals surface area (Å²) in [6.07, 6.45) is 3.66. The second kappa shape index (κ2) is 5.37. The van der Waals surface area contributed by atoms with E-state index >= 15 is 0 Å². The average Bonchev–Trinajstić information content (AvgIpc) is 1.85. The maximum absolute atomic E-state index is 10.2. The zero-order valence-corrected chi connectivity index (χ0v) is 7.47. The van der Waals surface area contributed by atoms with Crippen LogP contribution in [-0.4, -0.2) is 9.79 Å². The third kappa shape index (κ3) is 9.71. The van der Waals surface area contributed by atoms with Gasteiger partial charge in [0.25, 0.3) is 0 Å². The van der Waals surface area contributed by atoms with E-state index in [0.29, 0.717) is 6.42 Å². The summed E-state index contributed by atoms with van der Waals surface area (Å²) in [5, 5.41) is 0. The first-order chi connectivity index (χ1) is 5.06. The summed E-state index contributed by atoms with van der Waals surface area (Å²) >= 11 is 0. The first-order valence-electron chi connectivity index (χ1n) is 3.62. The minimum Gasteiger partial charge on any atom is -0.315 e. The lowest BCUT2D eigenvalue weighted by Gasteiger charge is -1.90. The molecule has 11 heavy (non-hydrogen) atoms. The fraction of sp³-hybridized carbons (Fsp3) is 0.714. The molecule has 0 fully saturated rings. The van der Waals surface area contributed by atoms with Gasteiger partial charge in [-0.3, -0.25) is 0 Å². The Kier molecular flexibility index (Phi) is 5.23. The van der Waals surface area contributed by atoms with E-state index in [1.807, 2.05) is 5.66 Å². The number of hydrogen-bond donors (Lipinski definition) is 2. The van der Waals surface area contributed by atoms with E-state index in [1.54, 1.807) is 0 Å². The molecule has 0 aliphatic carbocycles. The van der Waals surface area contributed by atoms with Crippen molar-refractivity contribution in [3.63, 3.8) is 0 Å². The minimum absolute atomic E-state index is 0.582. The van der Waals surface area contributed by atoms with Gasteiger partial charge in [0.05, 0.1) is 0 Å². The van der Waals surface area contributed by atoms with Crippen molar-refractivity contribution in [1.29, 1.82) is 0 Å². The fourth-order valence-electron chi connectivity index (χ4n) is 0.622. The predicted molar refractivity (Wildman–Crippen MR) is 44.0 cm³/mol. The van der Waals surface area contributed by atoms with Crippen LogP contribution in [0.3, 0.4) is 0 Å². The van der Waals surface area contributed by atoms with Gasteiger partial charge in [-0.25, -0.2) is 4.57 Å². The van der Waals surface area contributed by atoms with Crippen molar-refractivity contribution in [2.45, 2.75) is 32.6 Å². The summed E-state index contributed by atoms with van der Waals surface area (Å²) in [6.45, 7) is 2.07. The lowest BCUT2D eigenvalue weighted by Crippen LogP contribution is -1.73. The van der Waals surface area contributed by atoms with Crippen molar-refractivity contribution in [2.75, 3.05) is 0 Å². The van der Waals surface area contributed by atoms with E-state index in [2.05, 4.69) is 12.8 Å². The Morgan fingerprint density at radius 3 is 2.45 bits per heavy atom. The Bertz CT molecular complexity index is 195. The smallest absolute Gasteiger partial charge is 0.315 e. The maximum atomic E-state index is 10.2. The molecule has 3 nitrogen and oxygen atoms in total. The van der Waals surface area contributed by atoms with Crippen molar-refractivity contribution in [3.05, 3.63) is 0 Å². The molecule has 4 heteroatoms. The quantitative estimate of drug-likeness (QED) is 0.391. The molecule has 0 radical (unpaired) electrons. The van der Waals surface area contributed by atoms with Gasteiger partial charge in [-0.1, -0.05) is 25.7 Å². The van der Waals surface area contributed by atoms with Crippen molar-refractivity contribution < 1.29 is 14.4 Å². The molecule has 0 amide bonds. The normalized spacial score (nSPS) is 10.5. The lowest BCUT2D eigenvalue weighted by molar-refractivity contribution is 0.388. The summed E-state index contributed by atoms with van der Waals surface area (Å²) in [6, 6.07) is 0. The Morgan fingerprint density at radius 2 is 2.00 bits per heavy atom. The summed E-state index contributed by atoms with van der Waals surface area (Å²) in [4.78, 5) is 16.6. The molecule has 0 aromatic heterocycles. The van der Waals surface area contributed by atoms with Crippen LogP contribution in [0.4, 0.5) is 0 Å². The van der Waals surface area contributed by atoms with Gasteiger partial charge in [-0.15, -0.1) is 0 Å². The second-order valence-electron chi connectivity index (χ2n) is 2.29. The van der Waals surface area contributed by atoms with Crippen LogP contribution < -0.4 is 0 Å². The van der Waals surface area contributed by atoms with E-state index in [9.17, 15) is 4.57 Å². The molecule has 0 aliphatic heterocycles. The highest BCUT2D eigenvalue weighted by Gasteiger charge is 2.04. The molecule has 0 aromatic rings. The Balaban J connectivity index is 3.49. The zero-order chi connectivity index (χ0) is 8.74. The summed E-state index contributed by atoms with van der Waals surface area (Å²) in [5.74, 6) is 2.45. The van der Waals surface area contributed by atoms with E-state index in [1.165, 1.54) is 0 Å². The van der Waals surface area contributed by atoms with Gasteiger partial charge in [0.1, 0.15) is 0 Å². The van der Waals surface area contributed by atoms with Crippen LogP contribution in [-0.2, 0) is 4.57 Å². The molecule has 0 bridgehead atoms. The van der Waals surface area contributed by atoms with Gasteiger partial charge in [0.15, 0.2) is 0 Å². The van der Waals surface area contributed by atoms with Gasteiger partial charge in [0.2, 0.25) is 0 Å². The zero-order valence-electron chi connectivity index (χ0n) is 6.58.